The van der Waals surface area contributed by atoms with Gasteiger partial charge in [0.2, 0.25) is 4.80 Å². The third-order valence-corrected chi connectivity index (χ3v) is 6.55. The van der Waals surface area contributed by atoms with Crippen molar-refractivity contribution in [1.29, 1.82) is 0 Å². The molecule has 5 nitrogen and oxygen atoms in total. The summed E-state index contributed by atoms with van der Waals surface area (Å²) in [5, 5.41) is 15.7. The molecule has 0 saturated carbocycles. The van der Waals surface area contributed by atoms with Crippen molar-refractivity contribution in [2.45, 2.75) is 0 Å². The highest BCUT2D eigenvalue weighted by atomic mass is 32.1. The fraction of sp³-hybridized carbons (Fsp3) is 0.0455. The van der Waals surface area contributed by atoms with Gasteiger partial charge < -0.3 is 4.57 Å². The lowest BCUT2D eigenvalue weighted by atomic mass is 10.2. The van der Waals surface area contributed by atoms with E-state index in [4.69, 9.17) is 5.10 Å². The molecule has 0 saturated heterocycles. The Morgan fingerprint density at radius 2 is 1.79 bits per heavy atom. The van der Waals surface area contributed by atoms with Crippen LogP contribution in [0.25, 0.3) is 26.5 Å². The molecular weight excluding hydrogens is 398 g/mol. The number of hydrogen-bond donors (Lipinski definition) is 0. The Bertz CT molecular complexity index is 1360. The van der Waals surface area contributed by atoms with E-state index in [-0.39, 0.29) is 0 Å². The summed E-state index contributed by atoms with van der Waals surface area (Å²) in [5.41, 5.74) is 4.01. The first-order valence-corrected chi connectivity index (χ1v) is 10.8. The molecule has 0 amide bonds. The first-order chi connectivity index (χ1) is 14.3. The zero-order chi connectivity index (χ0) is 19.6. The van der Waals surface area contributed by atoms with Crippen LogP contribution in [0.3, 0.4) is 0 Å². The molecule has 0 spiro atoms. The molecule has 0 aliphatic carbocycles. The number of fused-ring (bicyclic) bond motifs is 1. The van der Waals surface area contributed by atoms with Crippen LogP contribution in [-0.4, -0.2) is 20.6 Å². The van der Waals surface area contributed by atoms with Crippen LogP contribution in [0, 0.1) is 0 Å². The smallest absolute Gasteiger partial charge is 0.211 e. The van der Waals surface area contributed by atoms with Gasteiger partial charge in [0.1, 0.15) is 5.69 Å². The predicted octanol–water partition coefficient (Wildman–Crippen LogP) is 5.09. The average Bonchev–Trinajstić information content (AvgIpc) is 3.49. The zero-order valence-electron chi connectivity index (χ0n) is 15.6. The third kappa shape index (κ3) is 3.46. The molecule has 3 heterocycles. The van der Waals surface area contributed by atoms with Gasteiger partial charge >= 0.3 is 0 Å². The molecule has 0 bridgehead atoms. The first kappa shape index (κ1) is 17.8. The highest BCUT2D eigenvalue weighted by Crippen LogP contribution is 2.27. The molecule has 0 radical (unpaired) electrons. The van der Waals surface area contributed by atoms with Crippen LogP contribution in [0.4, 0.5) is 0 Å². The lowest BCUT2D eigenvalue weighted by molar-refractivity contribution is 0.885. The van der Waals surface area contributed by atoms with Gasteiger partial charge in [-0.25, -0.2) is 4.68 Å². The van der Waals surface area contributed by atoms with Crippen molar-refractivity contribution in [1.82, 2.24) is 14.3 Å². The molecule has 0 aliphatic rings. The van der Waals surface area contributed by atoms with Gasteiger partial charge in [0.25, 0.3) is 0 Å². The maximum Gasteiger partial charge on any atom is 0.211 e. The molecule has 29 heavy (non-hydrogen) atoms. The second-order valence-corrected chi connectivity index (χ2v) is 8.40. The standard InChI is InChI=1S/C22H17N5S2/c1-26-18-10-5-6-11-19(18)29-22(26)24-23-14-16-15-27(17-8-3-2-4-9-17)25-21(16)20-12-7-13-28-20/h2-15H,1H3. The maximum absolute atomic E-state index is 4.79. The third-order valence-electron chi connectivity index (χ3n) is 4.57. The number of nitrogens with zero attached hydrogens (tertiary/aromatic N) is 5. The summed E-state index contributed by atoms with van der Waals surface area (Å²) >= 11 is 3.29. The van der Waals surface area contributed by atoms with Crippen molar-refractivity contribution in [3.05, 3.63) is 88.7 Å². The van der Waals surface area contributed by atoms with Crippen molar-refractivity contribution in [2.75, 3.05) is 0 Å². The molecule has 0 aliphatic heterocycles. The molecule has 2 aromatic carbocycles. The summed E-state index contributed by atoms with van der Waals surface area (Å²) in [5.74, 6) is 0. The lowest BCUT2D eigenvalue weighted by Gasteiger charge is -1.98. The van der Waals surface area contributed by atoms with Gasteiger partial charge in [-0.3, -0.25) is 0 Å². The van der Waals surface area contributed by atoms with Crippen molar-refractivity contribution in [3.8, 4) is 16.3 Å². The fourth-order valence-corrected chi connectivity index (χ4v) is 4.83. The van der Waals surface area contributed by atoms with Gasteiger partial charge in [0.15, 0.2) is 0 Å². The SMILES string of the molecule is Cn1c(=NN=Cc2cn(-c3ccccc3)nc2-c2cccs2)sc2ccccc21. The normalized spacial score (nSPS) is 12.4. The molecule has 0 fully saturated rings. The lowest BCUT2D eigenvalue weighted by Crippen LogP contribution is -2.08. The number of benzene rings is 2. The minimum absolute atomic E-state index is 0.857. The van der Waals surface area contributed by atoms with Gasteiger partial charge in [-0.1, -0.05) is 47.7 Å². The summed E-state index contributed by atoms with van der Waals surface area (Å²) in [6.07, 6.45) is 3.78. The van der Waals surface area contributed by atoms with Gasteiger partial charge in [0.05, 0.1) is 27.0 Å². The van der Waals surface area contributed by atoms with E-state index in [1.807, 2.05) is 66.5 Å². The van der Waals surface area contributed by atoms with Gasteiger partial charge in [0, 0.05) is 18.8 Å². The van der Waals surface area contributed by atoms with Crippen LogP contribution < -0.4 is 4.80 Å². The van der Waals surface area contributed by atoms with E-state index in [2.05, 4.69) is 38.3 Å². The quantitative estimate of drug-likeness (QED) is 0.298. The largest absolute Gasteiger partial charge is 0.318 e. The van der Waals surface area contributed by atoms with Crippen LogP contribution >= 0.6 is 22.7 Å². The Labute approximate surface area is 175 Å². The van der Waals surface area contributed by atoms with Crippen LogP contribution in [-0.2, 0) is 7.05 Å². The highest BCUT2D eigenvalue weighted by Gasteiger charge is 2.11. The van der Waals surface area contributed by atoms with Crippen LogP contribution in [0.15, 0.2) is 88.5 Å². The van der Waals surface area contributed by atoms with E-state index in [9.17, 15) is 0 Å². The molecule has 0 N–H and O–H groups in total. The highest BCUT2D eigenvalue weighted by molar-refractivity contribution is 7.16. The summed E-state index contributed by atoms with van der Waals surface area (Å²) in [6, 6.07) is 22.5. The molecular formula is C22H17N5S2. The van der Waals surface area contributed by atoms with Crippen molar-refractivity contribution < 1.29 is 0 Å². The number of aryl methyl sites for hydroxylation is 1. The Morgan fingerprint density at radius 1 is 0.966 bits per heavy atom. The Kier molecular flexibility index (Phi) is 4.67. The minimum Gasteiger partial charge on any atom is -0.318 e. The number of thiazole rings is 1. The maximum atomic E-state index is 4.79. The summed E-state index contributed by atoms with van der Waals surface area (Å²) in [4.78, 5) is 1.96. The van der Waals surface area contributed by atoms with Gasteiger partial charge in [-0.15, -0.1) is 16.4 Å². The summed E-state index contributed by atoms with van der Waals surface area (Å²) in [7, 11) is 2.01. The topological polar surface area (TPSA) is 47.5 Å². The number of rotatable bonds is 4. The predicted molar refractivity (Wildman–Crippen MR) is 121 cm³/mol. The van der Waals surface area contributed by atoms with Crippen molar-refractivity contribution >= 4 is 39.1 Å². The Morgan fingerprint density at radius 3 is 2.59 bits per heavy atom. The molecule has 142 valence electrons. The van der Waals surface area contributed by atoms with E-state index < -0.39 is 0 Å². The second-order valence-electron chi connectivity index (χ2n) is 6.45. The Balaban J connectivity index is 1.56. The molecule has 0 atom stereocenters. The van der Waals surface area contributed by atoms with Crippen LogP contribution in [0.5, 0.6) is 0 Å². The van der Waals surface area contributed by atoms with E-state index in [1.54, 1.807) is 28.9 Å². The molecule has 0 unspecified atom stereocenters. The number of aromatic nitrogens is 3. The molecule has 5 aromatic rings. The summed E-state index contributed by atoms with van der Waals surface area (Å²) < 4.78 is 5.14. The second kappa shape index (κ2) is 7.62. The van der Waals surface area contributed by atoms with E-state index in [1.165, 1.54) is 4.70 Å². The zero-order valence-corrected chi connectivity index (χ0v) is 17.3. The summed E-state index contributed by atoms with van der Waals surface area (Å²) in [6.45, 7) is 0. The van der Waals surface area contributed by atoms with Gasteiger partial charge in [-0.2, -0.15) is 10.2 Å². The molecule has 3 aromatic heterocycles. The van der Waals surface area contributed by atoms with Crippen LogP contribution in [0.2, 0.25) is 0 Å². The Hall–Kier alpha value is -3.29. The van der Waals surface area contributed by atoms with E-state index >= 15 is 0 Å². The fourth-order valence-electron chi connectivity index (χ4n) is 3.12. The minimum atomic E-state index is 0.857. The van der Waals surface area contributed by atoms with E-state index in [0.29, 0.717) is 0 Å². The number of thiophene rings is 1. The molecule has 7 heteroatoms. The van der Waals surface area contributed by atoms with E-state index in [0.717, 1.165) is 32.1 Å². The number of para-hydroxylation sites is 2. The number of hydrogen-bond acceptors (Lipinski definition) is 5. The van der Waals surface area contributed by atoms with Crippen molar-refractivity contribution in [3.63, 3.8) is 0 Å². The van der Waals surface area contributed by atoms with Gasteiger partial charge in [-0.05, 0) is 35.7 Å². The van der Waals surface area contributed by atoms with Crippen molar-refractivity contribution in [2.24, 2.45) is 17.3 Å². The molecule has 5 rings (SSSR count). The van der Waals surface area contributed by atoms with Crippen LogP contribution in [0.1, 0.15) is 5.56 Å². The monoisotopic (exact) mass is 415 g/mol. The first-order valence-electron chi connectivity index (χ1n) is 9.10. The average molecular weight is 416 g/mol.